The van der Waals surface area contributed by atoms with Crippen molar-refractivity contribution in [1.29, 1.82) is 0 Å². The van der Waals surface area contributed by atoms with Crippen molar-refractivity contribution in [2.24, 2.45) is 0 Å². The fourth-order valence-electron chi connectivity index (χ4n) is 2.62. The summed E-state index contributed by atoms with van der Waals surface area (Å²) in [6, 6.07) is 7.74. The summed E-state index contributed by atoms with van der Waals surface area (Å²) in [5.74, 6) is -0.705. The topological polar surface area (TPSA) is 102 Å². The van der Waals surface area contributed by atoms with E-state index in [1.54, 1.807) is 0 Å². The molecule has 2 heterocycles. The normalized spacial score (nSPS) is 10.9. The molecule has 8 nitrogen and oxygen atoms in total. The van der Waals surface area contributed by atoms with Crippen LogP contribution in [0.5, 0.6) is 0 Å². The Labute approximate surface area is 144 Å². The van der Waals surface area contributed by atoms with Crippen molar-refractivity contribution in [3.63, 3.8) is 0 Å². The number of hydrogen-bond donors (Lipinski definition) is 2. The Morgan fingerprint density at radius 3 is 2.76 bits per heavy atom. The van der Waals surface area contributed by atoms with Gasteiger partial charge in [-0.3, -0.25) is 14.8 Å². The van der Waals surface area contributed by atoms with Crippen LogP contribution in [0, 0.1) is 0 Å². The van der Waals surface area contributed by atoms with Gasteiger partial charge in [0.25, 0.3) is 0 Å². The van der Waals surface area contributed by atoms with E-state index in [1.165, 1.54) is 17.1 Å². The monoisotopic (exact) mass is 341 g/mol. The lowest BCUT2D eigenvalue weighted by atomic mass is 10.3. The second-order valence-electron chi connectivity index (χ2n) is 5.67. The van der Waals surface area contributed by atoms with Gasteiger partial charge in [-0.15, -0.1) is 0 Å². The van der Waals surface area contributed by atoms with Gasteiger partial charge in [0.15, 0.2) is 0 Å². The van der Waals surface area contributed by atoms with E-state index in [4.69, 9.17) is 5.11 Å². The SMILES string of the molecule is CCCn1c(NC(=O)CCn2cc(C(=O)O)cn2)nc2ccccc21. The van der Waals surface area contributed by atoms with Crippen molar-refractivity contribution < 1.29 is 14.7 Å². The molecule has 3 rings (SSSR count). The summed E-state index contributed by atoms with van der Waals surface area (Å²) in [5, 5.41) is 15.7. The van der Waals surface area contributed by atoms with Gasteiger partial charge in [0, 0.05) is 25.7 Å². The highest BCUT2D eigenvalue weighted by atomic mass is 16.4. The summed E-state index contributed by atoms with van der Waals surface area (Å²) in [5.41, 5.74) is 1.92. The Morgan fingerprint density at radius 2 is 2.04 bits per heavy atom. The molecule has 0 saturated carbocycles. The number of rotatable bonds is 7. The highest BCUT2D eigenvalue weighted by Crippen LogP contribution is 2.20. The molecular weight excluding hydrogens is 322 g/mol. The van der Waals surface area contributed by atoms with E-state index in [-0.39, 0.29) is 17.9 Å². The third kappa shape index (κ3) is 3.68. The first-order chi connectivity index (χ1) is 12.1. The molecule has 0 fully saturated rings. The summed E-state index contributed by atoms with van der Waals surface area (Å²) >= 11 is 0. The van der Waals surface area contributed by atoms with Crippen molar-refractivity contribution in [2.75, 3.05) is 5.32 Å². The molecule has 0 saturated heterocycles. The third-order valence-electron chi connectivity index (χ3n) is 3.80. The van der Waals surface area contributed by atoms with Crippen LogP contribution in [0.2, 0.25) is 0 Å². The molecule has 0 atom stereocenters. The number of carbonyl (C=O) groups is 2. The van der Waals surface area contributed by atoms with Crippen molar-refractivity contribution in [1.82, 2.24) is 19.3 Å². The van der Waals surface area contributed by atoms with Crippen molar-refractivity contribution in [2.45, 2.75) is 32.9 Å². The van der Waals surface area contributed by atoms with Gasteiger partial charge in [-0.25, -0.2) is 9.78 Å². The molecular formula is C17H19N5O3. The lowest BCUT2D eigenvalue weighted by Gasteiger charge is -2.09. The summed E-state index contributed by atoms with van der Waals surface area (Å²) in [7, 11) is 0. The number of carboxylic acids is 1. The first kappa shape index (κ1) is 16.7. The van der Waals surface area contributed by atoms with Gasteiger partial charge in [-0.1, -0.05) is 19.1 Å². The summed E-state index contributed by atoms with van der Waals surface area (Å²) in [4.78, 5) is 27.6. The van der Waals surface area contributed by atoms with E-state index in [1.807, 2.05) is 28.8 Å². The zero-order valence-electron chi connectivity index (χ0n) is 13.8. The van der Waals surface area contributed by atoms with Gasteiger partial charge in [-0.2, -0.15) is 5.10 Å². The predicted octanol–water partition coefficient (Wildman–Crippen LogP) is 2.37. The molecule has 1 amide bonds. The lowest BCUT2D eigenvalue weighted by molar-refractivity contribution is -0.116. The maximum atomic E-state index is 12.2. The first-order valence-corrected chi connectivity index (χ1v) is 8.09. The second kappa shape index (κ2) is 7.16. The van der Waals surface area contributed by atoms with Crippen LogP contribution in [0.15, 0.2) is 36.7 Å². The number of amides is 1. The highest BCUT2D eigenvalue weighted by molar-refractivity contribution is 5.91. The number of aromatic nitrogens is 4. The number of nitrogens with one attached hydrogen (secondary N) is 1. The minimum Gasteiger partial charge on any atom is -0.478 e. The number of aryl methyl sites for hydroxylation is 2. The predicted molar refractivity (Wildman–Crippen MR) is 92.5 cm³/mol. The van der Waals surface area contributed by atoms with Gasteiger partial charge in [0.2, 0.25) is 11.9 Å². The van der Waals surface area contributed by atoms with Gasteiger partial charge in [0.1, 0.15) is 0 Å². The van der Waals surface area contributed by atoms with E-state index >= 15 is 0 Å². The number of aromatic carboxylic acids is 1. The Balaban J connectivity index is 1.68. The first-order valence-electron chi connectivity index (χ1n) is 8.09. The van der Waals surface area contributed by atoms with Gasteiger partial charge < -0.3 is 9.67 Å². The smallest absolute Gasteiger partial charge is 0.338 e. The molecule has 0 radical (unpaired) electrons. The summed E-state index contributed by atoms with van der Waals surface area (Å²) < 4.78 is 3.43. The molecule has 0 bridgehead atoms. The molecule has 130 valence electrons. The number of para-hydroxylation sites is 2. The molecule has 1 aromatic carbocycles. The molecule has 8 heteroatoms. The van der Waals surface area contributed by atoms with Crippen LogP contribution in [0.3, 0.4) is 0 Å². The Morgan fingerprint density at radius 1 is 1.24 bits per heavy atom. The van der Waals surface area contributed by atoms with E-state index in [0.717, 1.165) is 24.0 Å². The Kier molecular flexibility index (Phi) is 4.78. The molecule has 3 aromatic rings. The number of benzene rings is 1. The molecule has 25 heavy (non-hydrogen) atoms. The van der Waals surface area contributed by atoms with Crippen LogP contribution in [0.1, 0.15) is 30.1 Å². The molecule has 2 N–H and O–H groups in total. The number of imidazole rings is 1. The van der Waals surface area contributed by atoms with Gasteiger partial charge in [0.05, 0.1) is 22.8 Å². The minimum atomic E-state index is -1.04. The summed E-state index contributed by atoms with van der Waals surface area (Å²) in [6.45, 7) is 3.13. The Bertz CT molecular complexity index is 912. The molecule has 0 aliphatic carbocycles. The number of anilines is 1. The second-order valence-corrected chi connectivity index (χ2v) is 5.67. The number of fused-ring (bicyclic) bond motifs is 1. The van der Waals surface area contributed by atoms with Gasteiger partial charge >= 0.3 is 5.97 Å². The third-order valence-corrected chi connectivity index (χ3v) is 3.80. The maximum Gasteiger partial charge on any atom is 0.338 e. The quantitative estimate of drug-likeness (QED) is 0.687. The molecule has 2 aromatic heterocycles. The lowest BCUT2D eigenvalue weighted by Crippen LogP contribution is -2.18. The fourth-order valence-corrected chi connectivity index (χ4v) is 2.62. The molecule has 0 unspecified atom stereocenters. The van der Waals surface area contributed by atoms with Crippen LogP contribution in [0.4, 0.5) is 5.95 Å². The van der Waals surface area contributed by atoms with Crippen LogP contribution in [-0.2, 0) is 17.9 Å². The van der Waals surface area contributed by atoms with Crippen molar-refractivity contribution in [3.8, 4) is 0 Å². The van der Waals surface area contributed by atoms with Crippen molar-refractivity contribution >= 4 is 28.9 Å². The van der Waals surface area contributed by atoms with E-state index in [2.05, 4.69) is 22.3 Å². The van der Waals surface area contributed by atoms with Crippen LogP contribution < -0.4 is 5.32 Å². The van der Waals surface area contributed by atoms with Crippen LogP contribution >= 0.6 is 0 Å². The van der Waals surface area contributed by atoms with E-state index in [9.17, 15) is 9.59 Å². The van der Waals surface area contributed by atoms with Gasteiger partial charge in [-0.05, 0) is 18.6 Å². The zero-order chi connectivity index (χ0) is 17.8. The van der Waals surface area contributed by atoms with E-state index < -0.39 is 5.97 Å². The maximum absolute atomic E-state index is 12.2. The average molecular weight is 341 g/mol. The highest BCUT2D eigenvalue weighted by Gasteiger charge is 2.13. The zero-order valence-corrected chi connectivity index (χ0v) is 13.8. The number of carbonyl (C=O) groups excluding carboxylic acids is 1. The molecule has 0 spiro atoms. The molecule has 0 aliphatic rings. The van der Waals surface area contributed by atoms with Crippen LogP contribution in [0.25, 0.3) is 11.0 Å². The number of nitrogens with zero attached hydrogens (tertiary/aromatic N) is 4. The van der Waals surface area contributed by atoms with E-state index in [0.29, 0.717) is 12.5 Å². The average Bonchev–Trinajstić information content (AvgIpc) is 3.19. The molecule has 0 aliphatic heterocycles. The number of hydrogen-bond acceptors (Lipinski definition) is 4. The number of carboxylic acid groups (broad SMARTS) is 1. The fraction of sp³-hybridized carbons (Fsp3) is 0.294. The summed E-state index contributed by atoms with van der Waals surface area (Å²) in [6.07, 6.45) is 3.77. The Hall–Kier alpha value is -3.16. The van der Waals surface area contributed by atoms with Crippen LogP contribution in [-0.4, -0.2) is 36.3 Å². The standard InChI is InChI=1S/C17H19N5O3/c1-2-8-22-14-6-4-3-5-13(14)19-17(22)20-15(23)7-9-21-11-12(10-18-21)16(24)25/h3-6,10-11H,2,7-9H2,1H3,(H,24,25)(H,19,20,23). The van der Waals surface area contributed by atoms with Crippen molar-refractivity contribution in [3.05, 3.63) is 42.2 Å². The minimum absolute atomic E-state index is 0.102. The largest absolute Gasteiger partial charge is 0.478 e.